The van der Waals surface area contributed by atoms with Crippen LogP contribution in [0.15, 0.2) is 41.3 Å². The summed E-state index contributed by atoms with van der Waals surface area (Å²) in [6.07, 6.45) is 5.28. The highest BCUT2D eigenvalue weighted by Gasteiger charge is 2.17. The molecular formula is C21H26N2OS. The minimum absolute atomic E-state index is 0.738. The Morgan fingerprint density at radius 2 is 1.96 bits per heavy atom. The largest absolute Gasteiger partial charge is 0.497 e. The molecule has 2 aromatic carbocycles. The smallest absolute Gasteiger partial charge is 0.119 e. The first kappa shape index (κ1) is 17.9. The maximum Gasteiger partial charge on any atom is 0.119 e. The molecule has 3 rings (SSSR count). The van der Waals surface area contributed by atoms with Gasteiger partial charge >= 0.3 is 0 Å². The van der Waals surface area contributed by atoms with Crippen LogP contribution in [0.25, 0.3) is 22.2 Å². The molecule has 0 saturated carbocycles. The molecule has 4 heteroatoms. The maximum atomic E-state index is 5.71. The van der Waals surface area contributed by atoms with Crippen molar-refractivity contribution >= 4 is 22.7 Å². The molecule has 3 nitrogen and oxygen atoms in total. The van der Waals surface area contributed by atoms with E-state index in [1.165, 1.54) is 38.2 Å². The van der Waals surface area contributed by atoms with Gasteiger partial charge in [-0.25, -0.2) is 0 Å². The molecule has 25 heavy (non-hydrogen) atoms. The zero-order chi connectivity index (χ0) is 17.8. The fraction of sp³-hybridized carbons (Fsp3) is 0.333. The van der Waals surface area contributed by atoms with Gasteiger partial charge in [0.2, 0.25) is 0 Å². The van der Waals surface area contributed by atoms with Crippen molar-refractivity contribution in [3.63, 3.8) is 0 Å². The van der Waals surface area contributed by atoms with Gasteiger partial charge < -0.3 is 15.5 Å². The van der Waals surface area contributed by atoms with Gasteiger partial charge in [-0.15, -0.1) is 11.8 Å². The zero-order valence-electron chi connectivity index (χ0n) is 15.2. The van der Waals surface area contributed by atoms with E-state index in [2.05, 4.69) is 54.6 Å². The molecule has 0 bridgehead atoms. The van der Waals surface area contributed by atoms with Crippen LogP contribution in [0.1, 0.15) is 24.0 Å². The van der Waals surface area contributed by atoms with Gasteiger partial charge in [0.1, 0.15) is 5.75 Å². The summed E-state index contributed by atoms with van der Waals surface area (Å²) >= 11 is 1.78. The van der Waals surface area contributed by atoms with Crippen LogP contribution >= 0.6 is 11.8 Å². The lowest BCUT2D eigenvalue weighted by Crippen LogP contribution is -1.99. The monoisotopic (exact) mass is 354 g/mol. The summed E-state index contributed by atoms with van der Waals surface area (Å²) in [5, 5.41) is 1.26. The number of rotatable bonds is 7. The molecule has 132 valence electrons. The molecule has 1 heterocycles. The molecular weight excluding hydrogens is 328 g/mol. The van der Waals surface area contributed by atoms with E-state index in [4.69, 9.17) is 10.5 Å². The van der Waals surface area contributed by atoms with Crippen molar-refractivity contribution in [3.05, 3.63) is 47.5 Å². The SMILES string of the molecule is COc1cc(C)c2[nH]c(-c3ccccc3SC)c(CCCCN)c2c1. The van der Waals surface area contributed by atoms with Crippen molar-refractivity contribution in [1.82, 2.24) is 4.98 Å². The molecule has 1 aromatic heterocycles. The van der Waals surface area contributed by atoms with Gasteiger partial charge in [0.05, 0.1) is 12.8 Å². The average molecular weight is 355 g/mol. The summed E-state index contributed by atoms with van der Waals surface area (Å²) in [5.74, 6) is 0.911. The van der Waals surface area contributed by atoms with Crippen molar-refractivity contribution in [1.29, 1.82) is 0 Å². The lowest BCUT2D eigenvalue weighted by molar-refractivity contribution is 0.415. The Morgan fingerprint density at radius 3 is 2.68 bits per heavy atom. The molecule has 3 aromatic rings. The first-order valence-electron chi connectivity index (χ1n) is 8.72. The van der Waals surface area contributed by atoms with Gasteiger partial charge in [-0.1, -0.05) is 18.2 Å². The van der Waals surface area contributed by atoms with Crippen LogP contribution in [-0.2, 0) is 6.42 Å². The van der Waals surface area contributed by atoms with Gasteiger partial charge in [0.25, 0.3) is 0 Å². The number of hydrogen-bond acceptors (Lipinski definition) is 3. The lowest BCUT2D eigenvalue weighted by Gasteiger charge is -2.09. The molecule has 0 aliphatic carbocycles. The van der Waals surface area contributed by atoms with Crippen LogP contribution in [0.4, 0.5) is 0 Å². The van der Waals surface area contributed by atoms with E-state index in [1.807, 2.05) is 0 Å². The quantitative estimate of drug-likeness (QED) is 0.455. The lowest BCUT2D eigenvalue weighted by atomic mass is 9.99. The second kappa shape index (κ2) is 7.98. The van der Waals surface area contributed by atoms with Crippen molar-refractivity contribution in [2.24, 2.45) is 5.73 Å². The Hall–Kier alpha value is -1.91. The third-order valence-electron chi connectivity index (χ3n) is 4.68. The number of thioether (sulfide) groups is 1. The number of fused-ring (bicyclic) bond motifs is 1. The number of aromatic amines is 1. The number of benzene rings is 2. The highest BCUT2D eigenvalue weighted by atomic mass is 32.2. The maximum absolute atomic E-state index is 5.71. The second-order valence-electron chi connectivity index (χ2n) is 6.29. The highest BCUT2D eigenvalue weighted by Crippen LogP contribution is 2.38. The van der Waals surface area contributed by atoms with Gasteiger partial charge in [-0.2, -0.15) is 0 Å². The van der Waals surface area contributed by atoms with Gasteiger partial charge in [-0.05, 0) is 68.3 Å². The molecule has 0 amide bonds. The normalized spacial score (nSPS) is 11.2. The fourth-order valence-corrected chi connectivity index (χ4v) is 4.00. The molecule has 0 spiro atoms. The molecule has 0 radical (unpaired) electrons. The van der Waals surface area contributed by atoms with Crippen molar-refractivity contribution < 1.29 is 4.74 Å². The summed E-state index contributed by atoms with van der Waals surface area (Å²) in [7, 11) is 1.73. The summed E-state index contributed by atoms with van der Waals surface area (Å²) in [6, 6.07) is 12.8. The predicted molar refractivity (Wildman–Crippen MR) is 109 cm³/mol. The Bertz CT molecular complexity index is 870. The first-order chi connectivity index (χ1) is 12.2. The summed E-state index contributed by atoms with van der Waals surface area (Å²) < 4.78 is 5.51. The zero-order valence-corrected chi connectivity index (χ0v) is 16.0. The van der Waals surface area contributed by atoms with E-state index < -0.39 is 0 Å². The molecule has 0 unspecified atom stereocenters. The number of unbranched alkanes of at least 4 members (excludes halogenated alkanes) is 1. The number of nitrogens with two attached hydrogens (primary N) is 1. The Kier molecular flexibility index (Phi) is 5.71. The molecule has 3 N–H and O–H groups in total. The van der Waals surface area contributed by atoms with Crippen molar-refractivity contribution in [2.45, 2.75) is 31.1 Å². The van der Waals surface area contributed by atoms with Gasteiger partial charge in [0.15, 0.2) is 0 Å². The standard InChI is InChI=1S/C21H26N2OS/c1-14-12-15(24-2)13-18-16(8-6-7-11-22)21(23-20(14)18)17-9-4-5-10-19(17)25-3/h4-5,9-10,12-13,23H,6-8,11,22H2,1-3H3. The van der Waals surface area contributed by atoms with Crippen LogP contribution in [0, 0.1) is 6.92 Å². The Morgan fingerprint density at radius 1 is 1.16 bits per heavy atom. The number of methoxy groups -OCH3 is 1. The van der Waals surface area contributed by atoms with E-state index in [-0.39, 0.29) is 0 Å². The van der Waals surface area contributed by atoms with Crippen molar-refractivity contribution in [2.75, 3.05) is 19.9 Å². The number of nitrogens with one attached hydrogen (secondary N) is 1. The highest BCUT2D eigenvalue weighted by molar-refractivity contribution is 7.98. The summed E-state index contributed by atoms with van der Waals surface area (Å²) in [5.41, 5.74) is 12.0. The fourth-order valence-electron chi connectivity index (χ4n) is 3.40. The van der Waals surface area contributed by atoms with E-state index in [0.717, 1.165) is 31.6 Å². The Balaban J connectivity index is 2.22. The van der Waals surface area contributed by atoms with Crippen LogP contribution < -0.4 is 10.5 Å². The van der Waals surface area contributed by atoms with Crippen LogP contribution in [0.3, 0.4) is 0 Å². The topological polar surface area (TPSA) is 51.0 Å². The molecule has 0 atom stereocenters. The Labute approximate surface area is 154 Å². The van der Waals surface area contributed by atoms with E-state index in [0.29, 0.717) is 0 Å². The van der Waals surface area contributed by atoms with Crippen LogP contribution in [0.2, 0.25) is 0 Å². The van der Waals surface area contributed by atoms with E-state index in [1.54, 1.807) is 18.9 Å². The number of hydrogen-bond donors (Lipinski definition) is 2. The van der Waals surface area contributed by atoms with E-state index >= 15 is 0 Å². The minimum atomic E-state index is 0.738. The first-order valence-corrected chi connectivity index (χ1v) is 9.94. The average Bonchev–Trinajstić information content (AvgIpc) is 3.01. The second-order valence-corrected chi connectivity index (χ2v) is 7.14. The van der Waals surface area contributed by atoms with Crippen LogP contribution in [0.5, 0.6) is 5.75 Å². The number of H-pyrrole nitrogens is 1. The number of aromatic nitrogens is 1. The van der Waals surface area contributed by atoms with Crippen LogP contribution in [-0.4, -0.2) is 24.9 Å². The summed E-state index contributed by atoms with van der Waals surface area (Å²) in [6.45, 7) is 2.87. The molecule has 0 saturated heterocycles. The van der Waals surface area contributed by atoms with E-state index in [9.17, 15) is 0 Å². The minimum Gasteiger partial charge on any atom is -0.497 e. The third kappa shape index (κ3) is 3.55. The molecule has 0 aliphatic rings. The van der Waals surface area contributed by atoms with Gasteiger partial charge in [0, 0.05) is 21.4 Å². The van der Waals surface area contributed by atoms with Gasteiger partial charge in [-0.3, -0.25) is 0 Å². The van der Waals surface area contributed by atoms with Crippen molar-refractivity contribution in [3.8, 4) is 17.0 Å². The third-order valence-corrected chi connectivity index (χ3v) is 5.47. The predicted octanol–water partition coefficient (Wildman–Crippen LogP) is 5.16. The molecule has 0 fully saturated rings. The number of aryl methyl sites for hydroxylation is 2. The number of ether oxygens (including phenoxy) is 1. The summed E-state index contributed by atoms with van der Waals surface area (Å²) in [4.78, 5) is 4.99. The molecule has 0 aliphatic heterocycles.